The molecule has 1 aromatic carbocycles. The second kappa shape index (κ2) is 8.70. The van der Waals surface area contributed by atoms with Crippen LogP contribution in [0.1, 0.15) is 39.5 Å². The Morgan fingerprint density at radius 2 is 1.89 bits per heavy atom. The summed E-state index contributed by atoms with van der Waals surface area (Å²) < 4.78 is 5.17. The number of nitrogens with zero attached hydrogens (tertiary/aromatic N) is 1. The lowest BCUT2D eigenvalue weighted by Gasteiger charge is -2.05. The van der Waals surface area contributed by atoms with Crippen LogP contribution in [0.25, 0.3) is 10.2 Å². The third-order valence-electron chi connectivity index (χ3n) is 4.43. The van der Waals surface area contributed by atoms with Gasteiger partial charge in [0.25, 0.3) is 5.56 Å². The van der Waals surface area contributed by atoms with Crippen LogP contribution in [-0.2, 0) is 16.1 Å². The molecule has 0 aliphatic rings. The van der Waals surface area contributed by atoms with Crippen molar-refractivity contribution in [2.75, 3.05) is 6.26 Å². The first-order valence-electron chi connectivity index (χ1n) is 8.71. The van der Waals surface area contributed by atoms with Gasteiger partial charge in [-0.3, -0.25) is 14.4 Å². The highest BCUT2D eigenvalue weighted by molar-refractivity contribution is 7.98. The van der Waals surface area contributed by atoms with Gasteiger partial charge in [-0.15, -0.1) is 23.1 Å². The fourth-order valence-electron chi connectivity index (χ4n) is 2.73. The molecular formula is C20H20N2O4S2. The Labute approximate surface area is 170 Å². The number of ether oxygens (including phenoxy) is 1. The molecule has 0 radical (unpaired) electrons. The van der Waals surface area contributed by atoms with Crippen LogP contribution in [0.15, 0.2) is 34.0 Å². The van der Waals surface area contributed by atoms with Crippen molar-refractivity contribution < 1.29 is 14.3 Å². The van der Waals surface area contributed by atoms with E-state index >= 15 is 0 Å². The van der Waals surface area contributed by atoms with Crippen LogP contribution in [0, 0.1) is 13.8 Å². The SMILES string of the molecule is CSc1ccc(C(=O)CCC(=O)OCc2nc3sc(C)c(C)c3c(=O)[nH]2)cc1. The molecule has 0 atom stereocenters. The molecule has 0 bridgehead atoms. The molecule has 3 aromatic rings. The van der Waals surface area contributed by atoms with Gasteiger partial charge in [-0.2, -0.15) is 0 Å². The van der Waals surface area contributed by atoms with E-state index in [-0.39, 0.29) is 30.8 Å². The van der Waals surface area contributed by atoms with E-state index in [1.54, 1.807) is 23.9 Å². The summed E-state index contributed by atoms with van der Waals surface area (Å²) in [6.07, 6.45) is 2.02. The molecule has 0 unspecified atom stereocenters. The normalized spacial score (nSPS) is 11.0. The predicted octanol–water partition coefficient (Wildman–Crippen LogP) is 4.03. The minimum Gasteiger partial charge on any atom is -0.458 e. The van der Waals surface area contributed by atoms with Gasteiger partial charge in [-0.1, -0.05) is 12.1 Å². The third kappa shape index (κ3) is 4.51. The highest BCUT2D eigenvalue weighted by atomic mass is 32.2. The number of aromatic nitrogens is 2. The Hall–Kier alpha value is -2.45. The van der Waals surface area contributed by atoms with Gasteiger partial charge in [-0.25, -0.2) is 4.98 Å². The van der Waals surface area contributed by atoms with E-state index in [0.717, 1.165) is 15.3 Å². The second-order valence-corrected chi connectivity index (χ2v) is 8.37. The molecule has 0 aliphatic heterocycles. The van der Waals surface area contributed by atoms with Crippen molar-refractivity contribution in [3.8, 4) is 0 Å². The number of nitrogens with one attached hydrogen (secondary N) is 1. The second-order valence-electron chi connectivity index (χ2n) is 6.29. The predicted molar refractivity (Wildman–Crippen MR) is 111 cm³/mol. The molecule has 0 spiro atoms. The number of Topliss-reactive ketones (excluding diaryl/α,β-unsaturated/α-hetero) is 1. The number of carbonyl (C=O) groups excluding carboxylic acids is 2. The van der Waals surface area contributed by atoms with Crippen molar-refractivity contribution in [2.45, 2.75) is 38.2 Å². The van der Waals surface area contributed by atoms with Gasteiger partial charge in [0.2, 0.25) is 0 Å². The van der Waals surface area contributed by atoms with E-state index < -0.39 is 5.97 Å². The Balaban J connectivity index is 1.56. The van der Waals surface area contributed by atoms with Gasteiger partial charge in [0, 0.05) is 21.8 Å². The van der Waals surface area contributed by atoms with Crippen LogP contribution in [-0.4, -0.2) is 28.0 Å². The summed E-state index contributed by atoms with van der Waals surface area (Å²) in [5.41, 5.74) is 1.26. The molecule has 3 rings (SSSR count). The van der Waals surface area contributed by atoms with E-state index in [1.165, 1.54) is 11.3 Å². The number of rotatable bonds is 7. The Morgan fingerprint density at radius 1 is 1.18 bits per heavy atom. The van der Waals surface area contributed by atoms with Gasteiger partial charge in [0.1, 0.15) is 17.3 Å². The summed E-state index contributed by atoms with van der Waals surface area (Å²) in [5.74, 6) is -0.316. The average molecular weight is 417 g/mol. The standard InChI is InChI=1S/C20H20N2O4S2/c1-11-12(2)28-20-18(11)19(25)21-16(22-20)10-26-17(24)9-8-15(23)13-4-6-14(27-3)7-5-13/h4-7H,8-10H2,1-3H3,(H,21,22,25). The van der Waals surface area contributed by atoms with E-state index in [0.29, 0.717) is 21.6 Å². The number of thioether (sulfide) groups is 1. The summed E-state index contributed by atoms with van der Waals surface area (Å²) in [6.45, 7) is 3.69. The smallest absolute Gasteiger partial charge is 0.306 e. The van der Waals surface area contributed by atoms with E-state index in [4.69, 9.17) is 4.74 Å². The highest BCUT2D eigenvalue weighted by Gasteiger charge is 2.14. The summed E-state index contributed by atoms with van der Waals surface area (Å²) >= 11 is 3.04. The van der Waals surface area contributed by atoms with Gasteiger partial charge < -0.3 is 9.72 Å². The number of ketones is 1. The van der Waals surface area contributed by atoms with Crippen LogP contribution in [0.5, 0.6) is 0 Å². The average Bonchev–Trinajstić information content (AvgIpc) is 2.98. The van der Waals surface area contributed by atoms with Crippen molar-refractivity contribution in [2.24, 2.45) is 0 Å². The van der Waals surface area contributed by atoms with Crippen molar-refractivity contribution in [1.82, 2.24) is 9.97 Å². The van der Waals surface area contributed by atoms with E-state index in [9.17, 15) is 14.4 Å². The summed E-state index contributed by atoms with van der Waals surface area (Å²) in [5, 5.41) is 0.579. The lowest BCUT2D eigenvalue weighted by Crippen LogP contribution is -2.14. The Bertz CT molecular complexity index is 1080. The highest BCUT2D eigenvalue weighted by Crippen LogP contribution is 2.25. The number of fused-ring (bicyclic) bond motifs is 1. The van der Waals surface area contributed by atoms with Gasteiger partial charge in [-0.05, 0) is 37.8 Å². The molecule has 8 heteroatoms. The zero-order chi connectivity index (χ0) is 20.3. The van der Waals surface area contributed by atoms with Crippen molar-refractivity contribution in [1.29, 1.82) is 0 Å². The van der Waals surface area contributed by atoms with E-state index in [1.807, 2.05) is 32.2 Å². The van der Waals surface area contributed by atoms with Crippen LogP contribution in [0.2, 0.25) is 0 Å². The van der Waals surface area contributed by atoms with Crippen molar-refractivity contribution in [3.63, 3.8) is 0 Å². The molecule has 0 saturated carbocycles. The first-order chi connectivity index (χ1) is 13.4. The zero-order valence-electron chi connectivity index (χ0n) is 15.8. The minimum absolute atomic E-state index is 0.0210. The van der Waals surface area contributed by atoms with Gasteiger partial charge >= 0.3 is 5.97 Å². The first kappa shape index (κ1) is 20.3. The molecule has 2 heterocycles. The number of carbonyl (C=O) groups is 2. The number of benzene rings is 1. The van der Waals surface area contributed by atoms with E-state index in [2.05, 4.69) is 9.97 Å². The number of hydrogen-bond donors (Lipinski definition) is 1. The molecule has 0 fully saturated rings. The van der Waals surface area contributed by atoms with Gasteiger partial charge in [0.05, 0.1) is 11.8 Å². The molecule has 2 aromatic heterocycles. The number of thiophene rings is 1. The lowest BCUT2D eigenvalue weighted by molar-refractivity contribution is -0.145. The molecule has 1 N–H and O–H groups in total. The quantitative estimate of drug-likeness (QED) is 0.355. The van der Waals surface area contributed by atoms with Gasteiger partial charge in [0.15, 0.2) is 5.78 Å². The fourth-order valence-corrected chi connectivity index (χ4v) is 4.18. The van der Waals surface area contributed by atoms with Crippen molar-refractivity contribution >= 4 is 45.1 Å². The number of hydrogen-bond acceptors (Lipinski definition) is 7. The molecular weight excluding hydrogens is 396 g/mol. The minimum atomic E-state index is -0.504. The number of H-pyrrole nitrogens is 1. The summed E-state index contributed by atoms with van der Waals surface area (Å²) in [6, 6.07) is 7.27. The molecule has 0 aliphatic carbocycles. The maximum Gasteiger partial charge on any atom is 0.306 e. The topological polar surface area (TPSA) is 89.1 Å². The van der Waals surface area contributed by atoms with Crippen molar-refractivity contribution in [3.05, 3.63) is 56.4 Å². The Kier molecular flexibility index (Phi) is 6.31. The molecule has 146 valence electrons. The third-order valence-corrected chi connectivity index (χ3v) is 6.27. The number of aromatic amines is 1. The van der Waals surface area contributed by atoms with Crippen LogP contribution in [0.4, 0.5) is 0 Å². The lowest BCUT2D eigenvalue weighted by atomic mass is 10.1. The number of esters is 1. The van der Waals surface area contributed by atoms with Crippen LogP contribution < -0.4 is 5.56 Å². The largest absolute Gasteiger partial charge is 0.458 e. The maximum atomic E-state index is 12.2. The monoisotopic (exact) mass is 416 g/mol. The molecule has 0 amide bonds. The number of aryl methyl sites for hydroxylation is 2. The summed E-state index contributed by atoms with van der Waals surface area (Å²) in [4.78, 5) is 46.1. The zero-order valence-corrected chi connectivity index (χ0v) is 17.5. The molecule has 28 heavy (non-hydrogen) atoms. The summed E-state index contributed by atoms with van der Waals surface area (Å²) in [7, 11) is 0. The van der Waals surface area contributed by atoms with Crippen LogP contribution >= 0.6 is 23.1 Å². The van der Waals surface area contributed by atoms with Crippen LogP contribution in [0.3, 0.4) is 0 Å². The first-order valence-corrected chi connectivity index (χ1v) is 10.7. The fraction of sp³-hybridized carbons (Fsp3) is 0.300. The Morgan fingerprint density at radius 3 is 2.57 bits per heavy atom. The maximum absolute atomic E-state index is 12.2. The molecule has 0 saturated heterocycles. The molecule has 6 nitrogen and oxygen atoms in total.